The van der Waals surface area contributed by atoms with Crippen LogP contribution < -0.4 is 5.32 Å². The molecule has 0 saturated carbocycles. The number of hydrogen-bond donors (Lipinski definition) is 1. The molecule has 0 aliphatic carbocycles. The molecule has 0 aliphatic rings. The number of furan rings is 1. The highest BCUT2D eigenvalue weighted by atomic mass is 16.3. The molecule has 3 heteroatoms. The predicted molar refractivity (Wildman–Crippen MR) is 67.6 cm³/mol. The second-order valence-corrected chi connectivity index (χ2v) is 4.57. The summed E-state index contributed by atoms with van der Waals surface area (Å²) >= 11 is 0. The van der Waals surface area contributed by atoms with Gasteiger partial charge in [-0.25, -0.2) is 0 Å². The maximum absolute atomic E-state index is 5.67. The van der Waals surface area contributed by atoms with Crippen LogP contribution in [0.3, 0.4) is 0 Å². The highest BCUT2D eigenvalue weighted by Crippen LogP contribution is 2.09. The minimum Gasteiger partial charge on any atom is -0.465 e. The van der Waals surface area contributed by atoms with Crippen molar-refractivity contribution in [3.8, 4) is 0 Å². The Morgan fingerprint density at radius 1 is 1.31 bits per heavy atom. The molecule has 0 radical (unpaired) electrons. The van der Waals surface area contributed by atoms with Crippen molar-refractivity contribution in [1.29, 1.82) is 0 Å². The average Bonchev–Trinajstić information content (AvgIpc) is 2.65. The molecule has 92 valence electrons. The molecule has 1 aromatic rings. The summed E-state index contributed by atoms with van der Waals surface area (Å²) in [5.41, 5.74) is 0. The van der Waals surface area contributed by atoms with Crippen molar-refractivity contribution >= 4 is 0 Å². The minimum absolute atomic E-state index is 0.559. The fraction of sp³-hybridized carbons (Fsp3) is 0.692. The molecule has 0 fully saturated rings. The third-order valence-electron chi connectivity index (χ3n) is 2.54. The van der Waals surface area contributed by atoms with Crippen molar-refractivity contribution < 1.29 is 4.42 Å². The molecule has 0 atom stereocenters. The van der Waals surface area contributed by atoms with E-state index >= 15 is 0 Å². The molecule has 0 saturated heterocycles. The van der Waals surface area contributed by atoms with Crippen LogP contribution in [0.15, 0.2) is 16.5 Å². The number of rotatable bonds is 7. The second kappa shape index (κ2) is 6.71. The van der Waals surface area contributed by atoms with Gasteiger partial charge in [0.1, 0.15) is 11.5 Å². The Kier molecular flexibility index (Phi) is 5.56. The van der Waals surface area contributed by atoms with Crippen LogP contribution in [0.1, 0.15) is 32.3 Å². The van der Waals surface area contributed by atoms with Gasteiger partial charge in [0.05, 0.1) is 6.54 Å². The molecule has 0 spiro atoms. The molecule has 0 amide bonds. The summed E-state index contributed by atoms with van der Waals surface area (Å²) in [5, 5.41) is 3.41. The van der Waals surface area contributed by atoms with Crippen LogP contribution in [0.25, 0.3) is 0 Å². The van der Waals surface area contributed by atoms with E-state index in [1.54, 1.807) is 0 Å². The topological polar surface area (TPSA) is 28.4 Å². The quantitative estimate of drug-likeness (QED) is 0.770. The van der Waals surface area contributed by atoms with Gasteiger partial charge in [-0.15, -0.1) is 0 Å². The van der Waals surface area contributed by atoms with Gasteiger partial charge >= 0.3 is 0 Å². The normalized spacial score (nSPS) is 11.6. The van der Waals surface area contributed by atoms with Crippen LogP contribution in [0, 0.1) is 0 Å². The van der Waals surface area contributed by atoms with Crippen molar-refractivity contribution in [2.45, 2.75) is 39.8 Å². The maximum atomic E-state index is 5.67. The van der Waals surface area contributed by atoms with Crippen LogP contribution in [0.2, 0.25) is 0 Å². The summed E-state index contributed by atoms with van der Waals surface area (Å²) in [7, 11) is 2.12. The molecule has 0 aliphatic heterocycles. The fourth-order valence-electron chi connectivity index (χ4n) is 1.59. The molecular formula is C13H24N2O. The third-order valence-corrected chi connectivity index (χ3v) is 2.54. The van der Waals surface area contributed by atoms with Crippen LogP contribution >= 0.6 is 0 Å². The van der Waals surface area contributed by atoms with Gasteiger partial charge in [0, 0.05) is 25.6 Å². The fourth-order valence-corrected chi connectivity index (χ4v) is 1.59. The summed E-state index contributed by atoms with van der Waals surface area (Å²) < 4.78 is 5.67. The van der Waals surface area contributed by atoms with E-state index in [1.165, 1.54) is 0 Å². The summed E-state index contributed by atoms with van der Waals surface area (Å²) in [6.07, 6.45) is 0.971. The lowest BCUT2D eigenvalue weighted by molar-refractivity contribution is 0.287. The zero-order valence-electron chi connectivity index (χ0n) is 10.9. The predicted octanol–water partition coefficient (Wildman–Crippen LogP) is 2.27. The monoisotopic (exact) mass is 224 g/mol. The second-order valence-electron chi connectivity index (χ2n) is 4.57. The first-order chi connectivity index (χ1) is 7.61. The summed E-state index contributed by atoms with van der Waals surface area (Å²) in [5.74, 6) is 2.13. The zero-order valence-corrected chi connectivity index (χ0v) is 10.9. The van der Waals surface area contributed by atoms with Crippen molar-refractivity contribution in [2.75, 3.05) is 20.1 Å². The van der Waals surface area contributed by atoms with E-state index in [1.807, 2.05) is 0 Å². The minimum atomic E-state index is 0.559. The molecular weight excluding hydrogens is 200 g/mol. The summed E-state index contributed by atoms with van der Waals surface area (Å²) in [6, 6.07) is 4.70. The van der Waals surface area contributed by atoms with Gasteiger partial charge in [-0.3, -0.25) is 4.90 Å². The number of aryl methyl sites for hydroxylation is 1. The molecule has 1 heterocycles. The maximum Gasteiger partial charge on any atom is 0.118 e. The van der Waals surface area contributed by atoms with Gasteiger partial charge in [-0.2, -0.15) is 0 Å². The lowest BCUT2D eigenvalue weighted by Gasteiger charge is -2.16. The molecule has 1 aromatic heterocycles. The van der Waals surface area contributed by atoms with Gasteiger partial charge < -0.3 is 9.73 Å². The van der Waals surface area contributed by atoms with Crippen LogP contribution in [-0.2, 0) is 13.0 Å². The van der Waals surface area contributed by atoms with E-state index < -0.39 is 0 Å². The van der Waals surface area contributed by atoms with E-state index in [0.29, 0.717) is 6.04 Å². The first-order valence-electron chi connectivity index (χ1n) is 6.11. The van der Waals surface area contributed by atoms with Gasteiger partial charge in [0.2, 0.25) is 0 Å². The van der Waals surface area contributed by atoms with Crippen molar-refractivity contribution in [3.63, 3.8) is 0 Å². The standard InChI is InChI=1S/C13H24N2O/c1-5-12-6-7-13(16-12)10-15(4)9-8-14-11(2)3/h6-7,11,14H,5,8-10H2,1-4H3. The number of nitrogens with zero attached hydrogens (tertiary/aromatic N) is 1. The van der Waals surface area contributed by atoms with E-state index in [4.69, 9.17) is 4.42 Å². The van der Waals surface area contributed by atoms with Gasteiger partial charge in [0.15, 0.2) is 0 Å². The number of nitrogens with one attached hydrogen (secondary N) is 1. The SMILES string of the molecule is CCc1ccc(CN(C)CCNC(C)C)o1. The van der Waals surface area contributed by atoms with E-state index in [2.05, 4.69) is 50.2 Å². The van der Waals surface area contributed by atoms with E-state index in [0.717, 1.165) is 37.6 Å². The Balaban J connectivity index is 2.25. The Bertz CT molecular complexity index is 294. The Morgan fingerprint density at radius 3 is 2.56 bits per heavy atom. The van der Waals surface area contributed by atoms with Crippen LogP contribution in [-0.4, -0.2) is 31.1 Å². The molecule has 3 nitrogen and oxygen atoms in total. The van der Waals surface area contributed by atoms with Crippen LogP contribution in [0.4, 0.5) is 0 Å². The first kappa shape index (κ1) is 13.3. The molecule has 0 aromatic carbocycles. The van der Waals surface area contributed by atoms with Gasteiger partial charge in [0.25, 0.3) is 0 Å². The van der Waals surface area contributed by atoms with Gasteiger partial charge in [-0.05, 0) is 19.2 Å². The Hall–Kier alpha value is -0.800. The zero-order chi connectivity index (χ0) is 12.0. The molecule has 1 rings (SSSR count). The smallest absolute Gasteiger partial charge is 0.118 e. The Morgan fingerprint density at radius 2 is 2.00 bits per heavy atom. The number of likely N-dealkylation sites (N-methyl/N-ethyl adjacent to an activating group) is 1. The lowest BCUT2D eigenvalue weighted by Crippen LogP contribution is -2.32. The van der Waals surface area contributed by atoms with Crippen molar-refractivity contribution in [1.82, 2.24) is 10.2 Å². The van der Waals surface area contributed by atoms with Crippen molar-refractivity contribution in [3.05, 3.63) is 23.7 Å². The highest BCUT2D eigenvalue weighted by molar-refractivity contribution is 5.06. The molecule has 16 heavy (non-hydrogen) atoms. The molecule has 0 unspecified atom stereocenters. The average molecular weight is 224 g/mol. The van der Waals surface area contributed by atoms with E-state index in [-0.39, 0.29) is 0 Å². The van der Waals surface area contributed by atoms with Gasteiger partial charge in [-0.1, -0.05) is 20.8 Å². The first-order valence-corrected chi connectivity index (χ1v) is 6.11. The molecule has 0 bridgehead atoms. The highest BCUT2D eigenvalue weighted by Gasteiger charge is 2.04. The number of hydrogen-bond acceptors (Lipinski definition) is 3. The largest absolute Gasteiger partial charge is 0.465 e. The van der Waals surface area contributed by atoms with Crippen molar-refractivity contribution in [2.24, 2.45) is 0 Å². The van der Waals surface area contributed by atoms with E-state index in [9.17, 15) is 0 Å². The van der Waals surface area contributed by atoms with Crippen LogP contribution in [0.5, 0.6) is 0 Å². The summed E-state index contributed by atoms with van der Waals surface area (Å²) in [6.45, 7) is 9.40. The summed E-state index contributed by atoms with van der Waals surface area (Å²) in [4.78, 5) is 2.27. The third kappa shape index (κ3) is 4.81. The molecule has 1 N–H and O–H groups in total. The lowest BCUT2D eigenvalue weighted by atomic mass is 10.3. The Labute approximate surface area is 98.8 Å².